The van der Waals surface area contributed by atoms with Crippen LogP contribution >= 0.6 is 0 Å². The summed E-state index contributed by atoms with van der Waals surface area (Å²) in [6.07, 6.45) is 7.95. The maximum atomic E-state index is 5.90. The van der Waals surface area contributed by atoms with Crippen molar-refractivity contribution in [2.75, 3.05) is 43.7 Å². The topological polar surface area (TPSA) is 58.3 Å². The maximum Gasteiger partial charge on any atom is 0.221 e. The molecule has 5 nitrogen and oxygen atoms in total. The Morgan fingerprint density at radius 1 is 0.621 bits per heavy atom. The molecule has 0 amide bonds. The zero-order valence-electron chi connectivity index (χ0n) is 17.4. The lowest BCUT2D eigenvalue weighted by atomic mass is 10.1. The number of aromatic nitrogens is 2. The van der Waals surface area contributed by atoms with Gasteiger partial charge in [-0.1, -0.05) is 36.4 Å². The molecule has 1 aromatic heterocycles. The van der Waals surface area contributed by atoms with Crippen LogP contribution in [0.4, 0.5) is 17.3 Å². The molecule has 3 aromatic rings. The van der Waals surface area contributed by atoms with Crippen LogP contribution in [0.25, 0.3) is 24.3 Å². The lowest BCUT2D eigenvalue weighted by Gasteiger charge is -2.11. The van der Waals surface area contributed by atoms with E-state index < -0.39 is 0 Å². The second kappa shape index (κ2) is 9.06. The Kier molecular flexibility index (Phi) is 6.29. The first-order valence-electron chi connectivity index (χ1n) is 9.46. The number of hydrogen-bond donors (Lipinski definition) is 1. The minimum atomic E-state index is 0.262. The zero-order valence-corrected chi connectivity index (χ0v) is 17.4. The molecule has 0 atom stereocenters. The van der Waals surface area contributed by atoms with Crippen LogP contribution in [-0.4, -0.2) is 38.2 Å². The summed E-state index contributed by atoms with van der Waals surface area (Å²) in [6, 6.07) is 18.6. The first-order chi connectivity index (χ1) is 13.9. The van der Waals surface area contributed by atoms with Crippen molar-refractivity contribution in [3.63, 3.8) is 0 Å². The molecule has 0 bridgehead atoms. The van der Waals surface area contributed by atoms with E-state index in [1.165, 1.54) is 11.4 Å². The Balaban J connectivity index is 1.75. The summed E-state index contributed by atoms with van der Waals surface area (Å²) in [5.74, 6) is 0.262. The smallest absolute Gasteiger partial charge is 0.221 e. The summed E-state index contributed by atoms with van der Waals surface area (Å²) < 4.78 is 0. The summed E-state index contributed by atoms with van der Waals surface area (Å²) in [7, 11) is 8.11. The van der Waals surface area contributed by atoms with Gasteiger partial charge >= 0.3 is 0 Å². The van der Waals surface area contributed by atoms with Crippen LogP contribution in [0.5, 0.6) is 0 Å². The number of benzene rings is 2. The summed E-state index contributed by atoms with van der Waals surface area (Å²) in [5.41, 5.74) is 12.0. The molecule has 5 heteroatoms. The van der Waals surface area contributed by atoms with Crippen molar-refractivity contribution in [2.24, 2.45) is 0 Å². The normalized spacial score (nSPS) is 11.3. The number of rotatable bonds is 6. The molecule has 0 aliphatic heterocycles. The fourth-order valence-electron chi connectivity index (χ4n) is 2.81. The van der Waals surface area contributed by atoms with E-state index in [1.807, 2.05) is 58.6 Å². The van der Waals surface area contributed by atoms with E-state index in [1.54, 1.807) is 0 Å². The molecule has 3 rings (SSSR count). The van der Waals surface area contributed by atoms with E-state index in [0.29, 0.717) is 0 Å². The highest BCUT2D eigenvalue weighted by atomic mass is 15.1. The van der Waals surface area contributed by atoms with Crippen molar-refractivity contribution in [3.8, 4) is 0 Å². The zero-order chi connectivity index (χ0) is 20.8. The highest BCUT2D eigenvalue weighted by Crippen LogP contribution is 2.17. The lowest BCUT2D eigenvalue weighted by Crippen LogP contribution is -2.07. The second-order valence-corrected chi connectivity index (χ2v) is 7.21. The monoisotopic (exact) mass is 385 g/mol. The molecule has 1 heterocycles. The largest absolute Gasteiger partial charge is 0.378 e. The number of anilines is 3. The van der Waals surface area contributed by atoms with Gasteiger partial charge in [-0.25, -0.2) is 9.97 Å². The van der Waals surface area contributed by atoms with Crippen molar-refractivity contribution in [2.45, 2.75) is 0 Å². The van der Waals surface area contributed by atoms with Gasteiger partial charge in [-0.05, 0) is 53.6 Å². The van der Waals surface area contributed by atoms with Gasteiger partial charge in [0.15, 0.2) is 0 Å². The molecular formula is C24H27N5. The third kappa shape index (κ3) is 5.69. The van der Waals surface area contributed by atoms with E-state index in [0.717, 1.165) is 22.5 Å². The number of nitrogen functional groups attached to an aromatic ring is 1. The van der Waals surface area contributed by atoms with Crippen LogP contribution < -0.4 is 15.5 Å². The van der Waals surface area contributed by atoms with Gasteiger partial charge < -0.3 is 15.5 Å². The Morgan fingerprint density at radius 3 is 1.34 bits per heavy atom. The van der Waals surface area contributed by atoms with Crippen LogP contribution in [0.15, 0.2) is 54.6 Å². The Morgan fingerprint density at radius 2 is 1.00 bits per heavy atom. The molecule has 0 spiro atoms. The van der Waals surface area contributed by atoms with Crippen molar-refractivity contribution in [3.05, 3.63) is 77.1 Å². The van der Waals surface area contributed by atoms with Crippen LogP contribution in [0.2, 0.25) is 0 Å². The summed E-state index contributed by atoms with van der Waals surface area (Å²) in [4.78, 5) is 12.8. The SMILES string of the molecule is CN(C)c1ccc(/C=C/c2cc(/C=C/c3ccc(N(C)C)cc3)nc(N)n2)cc1. The van der Waals surface area contributed by atoms with Crippen molar-refractivity contribution < 1.29 is 0 Å². The van der Waals surface area contributed by atoms with E-state index in [-0.39, 0.29) is 5.95 Å². The summed E-state index contributed by atoms with van der Waals surface area (Å²) in [5, 5.41) is 0. The maximum absolute atomic E-state index is 5.90. The molecule has 29 heavy (non-hydrogen) atoms. The van der Waals surface area contributed by atoms with Crippen LogP contribution in [0.3, 0.4) is 0 Å². The van der Waals surface area contributed by atoms with E-state index in [2.05, 4.69) is 68.3 Å². The molecular weight excluding hydrogens is 358 g/mol. The van der Waals surface area contributed by atoms with Crippen molar-refractivity contribution in [1.29, 1.82) is 0 Å². The minimum absolute atomic E-state index is 0.262. The third-order valence-corrected chi connectivity index (χ3v) is 4.50. The average molecular weight is 386 g/mol. The Labute approximate surface area is 172 Å². The Bertz CT molecular complexity index is 921. The molecule has 0 saturated carbocycles. The standard InChI is InChI=1S/C24H27N5/c1-28(2)22-13-7-18(8-14-22)5-11-20-17-21(27-24(25)26-20)12-6-19-9-15-23(16-10-19)29(3)4/h5-17H,1-4H3,(H2,25,26,27)/b11-5+,12-6+. The molecule has 0 aliphatic carbocycles. The van der Waals surface area contributed by atoms with Crippen LogP contribution in [-0.2, 0) is 0 Å². The first-order valence-corrected chi connectivity index (χ1v) is 9.46. The van der Waals surface area contributed by atoms with Gasteiger partial charge in [-0.15, -0.1) is 0 Å². The number of nitrogens with zero attached hydrogens (tertiary/aromatic N) is 4. The molecule has 0 aliphatic rings. The van der Waals surface area contributed by atoms with Crippen molar-refractivity contribution >= 4 is 41.6 Å². The van der Waals surface area contributed by atoms with Gasteiger partial charge in [0.25, 0.3) is 0 Å². The molecule has 0 saturated heterocycles. The quantitative estimate of drug-likeness (QED) is 0.675. The van der Waals surface area contributed by atoms with Crippen LogP contribution in [0, 0.1) is 0 Å². The highest BCUT2D eigenvalue weighted by molar-refractivity contribution is 5.73. The molecule has 0 fully saturated rings. The van der Waals surface area contributed by atoms with E-state index >= 15 is 0 Å². The average Bonchev–Trinajstić information content (AvgIpc) is 2.71. The van der Waals surface area contributed by atoms with Gasteiger partial charge in [0.1, 0.15) is 0 Å². The second-order valence-electron chi connectivity index (χ2n) is 7.21. The van der Waals surface area contributed by atoms with Crippen molar-refractivity contribution in [1.82, 2.24) is 9.97 Å². The molecule has 148 valence electrons. The predicted octanol–water partition coefficient (Wildman–Crippen LogP) is 4.53. The number of hydrogen-bond acceptors (Lipinski definition) is 5. The van der Waals surface area contributed by atoms with Gasteiger partial charge in [0, 0.05) is 39.6 Å². The summed E-state index contributed by atoms with van der Waals surface area (Å²) >= 11 is 0. The van der Waals surface area contributed by atoms with Gasteiger partial charge in [-0.2, -0.15) is 0 Å². The predicted molar refractivity (Wildman–Crippen MR) is 126 cm³/mol. The molecule has 2 N–H and O–H groups in total. The van der Waals surface area contributed by atoms with Gasteiger partial charge in [0.2, 0.25) is 5.95 Å². The number of nitrogens with two attached hydrogens (primary N) is 1. The molecule has 0 radical (unpaired) electrons. The molecule has 0 unspecified atom stereocenters. The van der Waals surface area contributed by atoms with Gasteiger partial charge in [0.05, 0.1) is 11.4 Å². The molecule has 2 aromatic carbocycles. The minimum Gasteiger partial charge on any atom is -0.378 e. The van der Waals surface area contributed by atoms with Gasteiger partial charge in [-0.3, -0.25) is 0 Å². The third-order valence-electron chi connectivity index (χ3n) is 4.50. The summed E-state index contributed by atoms with van der Waals surface area (Å²) in [6.45, 7) is 0. The first kappa shape index (κ1) is 20.1. The Hall–Kier alpha value is -3.60. The fourth-order valence-corrected chi connectivity index (χ4v) is 2.81. The van der Waals surface area contributed by atoms with E-state index in [9.17, 15) is 0 Å². The van der Waals surface area contributed by atoms with Crippen LogP contribution in [0.1, 0.15) is 22.5 Å². The van der Waals surface area contributed by atoms with E-state index in [4.69, 9.17) is 5.73 Å². The highest BCUT2D eigenvalue weighted by Gasteiger charge is 1.99. The fraction of sp³-hybridized carbons (Fsp3) is 0.167. The lowest BCUT2D eigenvalue weighted by molar-refractivity contribution is 1.13.